The lowest BCUT2D eigenvalue weighted by molar-refractivity contribution is 0.358. The van der Waals surface area contributed by atoms with Crippen LogP contribution in [0.4, 0.5) is 8.78 Å². The van der Waals surface area contributed by atoms with Gasteiger partial charge in [-0.15, -0.1) is 0 Å². The molecule has 2 atom stereocenters. The zero-order chi connectivity index (χ0) is 28.7. The molecule has 0 bridgehead atoms. The van der Waals surface area contributed by atoms with Gasteiger partial charge in [-0.2, -0.15) is 9.40 Å². The first-order chi connectivity index (χ1) is 19.7. The van der Waals surface area contributed by atoms with Crippen molar-refractivity contribution < 1.29 is 17.2 Å². The van der Waals surface area contributed by atoms with E-state index in [1.54, 1.807) is 24.3 Å². The summed E-state index contributed by atoms with van der Waals surface area (Å²) in [7, 11) is -4.11. The Bertz CT molecular complexity index is 1730. The third kappa shape index (κ3) is 5.25. The van der Waals surface area contributed by atoms with Gasteiger partial charge in [0.1, 0.15) is 16.5 Å². The van der Waals surface area contributed by atoms with Crippen LogP contribution in [0.5, 0.6) is 0 Å². The number of nitrogens with zero attached hydrogens (tertiary/aromatic N) is 3. The van der Waals surface area contributed by atoms with Crippen LogP contribution in [0.2, 0.25) is 5.02 Å². The first kappa shape index (κ1) is 27.8. The third-order valence-electron chi connectivity index (χ3n) is 8.40. The molecule has 0 amide bonds. The fourth-order valence-electron chi connectivity index (χ4n) is 6.37. The molecular weight excluding hydrogens is 564 g/mol. The van der Waals surface area contributed by atoms with Crippen LogP contribution in [0.3, 0.4) is 0 Å². The summed E-state index contributed by atoms with van der Waals surface area (Å²) in [4.78, 5) is -0.314. The summed E-state index contributed by atoms with van der Waals surface area (Å²) in [6, 6.07) is 19.2. The number of rotatable bonds is 8. The Labute approximate surface area is 244 Å². The minimum atomic E-state index is -4.11. The van der Waals surface area contributed by atoms with Crippen LogP contribution < -0.4 is 0 Å². The second kappa shape index (κ2) is 11.2. The van der Waals surface area contributed by atoms with E-state index in [-0.39, 0.29) is 35.6 Å². The molecule has 0 aliphatic heterocycles. The third-order valence-corrected chi connectivity index (χ3v) is 10.7. The lowest BCUT2D eigenvalue weighted by atomic mass is 9.80. The molecule has 0 unspecified atom stereocenters. The number of fused-ring (bicyclic) bond motifs is 1. The molecule has 0 fully saturated rings. The van der Waals surface area contributed by atoms with Crippen molar-refractivity contribution in [3.63, 3.8) is 0 Å². The van der Waals surface area contributed by atoms with Gasteiger partial charge in [0.25, 0.3) is 0 Å². The Morgan fingerprint density at radius 1 is 1.02 bits per heavy atom. The second-order valence-electron chi connectivity index (χ2n) is 10.8. The van der Waals surface area contributed by atoms with Gasteiger partial charge >= 0.3 is 0 Å². The highest BCUT2D eigenvalue weighted by atomic mass is 35.5. The quantitative estimate of drug-likeness (QED) is 0.205. The molecule has 2 aliphatic carbocycles. The number of benzene rings is 3. The predicted octanol–water partition coefficient (Wildman–Crippen LogP) is 7.10. The second-order valence-corrected chi connectivity index (χ2v) is 13.1. The zero-order valence-corrected chi connectivity index (χ0v) is 24.2. The number of allylic oxidation sites excluding steroid dienone is 1. The molecule has 212 valence electrons. The van der Waals surface area contributed by atoms with Crippen molar-refractivity contribution in [2.45, 2.75) is 43.4 Å². The predicted molar refractivity (Wildman–Crippen MR) is 156 cm³/mol. The number of hydrogen-bond acceptors (Lipinski definition) is 3. The monoisotopic (exact) mass is 593 g/mol. The van der Waals surface area contributed by atoms with Crippen LogP contribution in [-0.4, -0.2) is 35.6 Å². The van der Waals surface area contributed by atoms with Gasteiger partial charge in [0, 0.05) is 36.0 Å². The first-order valence-electron chi connectivity index (χ1n) is 13.8. The first-order valence-corrected chi connectivity index (χ1v) is 15.6. The molecule has 0 spiro atoms. The summed E-state index contributed by atoms with van der Waals surface area (Å²) >= 11 is 6.38. The van der Waals surface area contributed by atoms with Gasteiger partial charge < -0.3 is 0 Å². The average Bonchev–Trinajstić information content (AvgIpc) is 3.57. The summed E-state index contributed by atoms with van der Waals surface area (Å²) in [5, 5.41) is 5.21. The molecular formula is C32H30ClF2N3O2S. The maximum absolute atomic E-state index is 14.8. The van der Waals surface area contributed by atoms with Crippen LogP contribution in [0.1, 0.15) is 42.5 Å². The molecule has 1 aromatic heterocycles. The van der Waals surface area contributed by atoms with Gasteiger partial charge in [-0.1, -0.05) is 60.0 Å². The van der Waals surface area contributed by atoms with Gasteiger partial charge in [0.2, 0.25) is 10.0 Å². The van der Waals surface area contributed by atoms with Crippen LogP contribution in [0.15, 0.2) is 95.0 Å². The topological polar surface area (TPSA) is 55.2 Å². The fraction of sp³-hybridized carbons (Fsp3) is 0.281. The minimum Gasteiger partial charge on any atom is -0.237 e. The van der Waals surface area contributed by atoms with Gasteiger partial charge in [-0.05, 0) is 73.2 Å². The Kier molecular flexibility index (Phi) is 7.57. The highest BCUT2D eigenvalue weighted by Crippen LogP contribution is 2.47. The molecule has 5 nitrogen and oxygen atoms in total. The maximum atomic E-state index is 14.8. The van der Waals surface area contributed by atoms with E-state index in [1.165, 1.54) is 45.8 Å². The highest BCUT2D eigenvalue weighted by molar-refractivity contribution is 7.89. The molecule has 0 saturated carbocycles. The number of sulfonamides is 1. The van der Waals surface area contributed by atoms with Crippen LogP contribution in [0.25, 0.3) is 5.69 Å². The molecule has 4 aromatic rings. The average molecular weight is 594 g/mol. The molecule has 9 heteroatoms. The van der Waals surface area contributed by atoms with Crippen molar-refractivity contribution >= 4 is 21.6 Å². The molecule has 1 heterocycles. The Balaban J connectivity index is 1.30. The maximum Gasteiger partial charge on any atom is 0.246 e. The van der Waals surface area contributed by atoms with Gasteiger partial charge in [-0.25, -0.2) is 21.9 Å². The smallest absolute Gasteiger partial charge is 0.237 e. The molecule has 2 aliphatic rings. The van der Waals surface area contributed by atoms with Crippen molar-refractivity contribution in [3.8, 4) is 5.69 Å². The van der Waals surface area contributed by atoms with Crippen molar-refractivity contribution in [2.24, 2.45) is 5.92 Å². The van der Waals surface area contributed by atoms with E-state index in [2.05, 4.69) is 12.0 Å². The van der Waals surface area contributed by atoms with Crippen molar-refractivity contribution in [1.82, 2.24) is 14.1 Å². The lowest BCUT2D eigenvalue weighted by Gasteiger charge is -2.31. The summed E-state index contributed by atoms with van der Waals surface area (Å²) in [5.74, 6) is -1.01. The summed E-state index contributed by atoms with van der Waals surface area (Å²) < 4.78 is 59.3. The number of hydrogen-bond donors (Lipinski definition) is 0. The van der Waals surface area contributed by atoms with E-state index < -0.39 is 15.8 Å². The minimum absolute atomic E-state index is 0.00452. The van der Waals surface area contributed by atoms with Crippen molar-refractivity contribution in [3.05, 3.63) is 124 Å². The normalized spacial score (nSPS) is 18.6. The Morgan fingerprint density at radius 2 is 1.76 bits per heavy atom. The van der Waals surface area contributed by atoms with Crippen molar-refractivity contribution in [2.75, 3.05) is 13.1 Å². The molecule has 0 radical (unpaired) electrons. The fourth-order valence-corrected chi connectivity index (χ4v) is 8.15. The van der Waals surface area contributed by atoms with Crippen LogP contribution in [0, 0.1) is 17.6 Å². The Morgan fingerprint density at radius 3 is 2.51 bits per heavy atom. The summed E-state index contributed by atoms with van der Waals surface area (Å²) in [6.07, 6.45) is 4.67. The van der Waals surface area contributed by atoms with Crippen molar-refractivity contribution in [1.29, 1.82) is 0 Å². The van der Waals surface area contributed by atoms with Crippen LogP contribution in [-0.2, 0) is 22.9 Å². The largest absolute Gasteiger partial charge is 0.246 e. The number of halogens is 3. The van der Waals surface area contributed by atoms with E-state index >= 15 is 0 Å². The highest BCUT2D eigenvalue weighted by Gasteiger charge is 2.39. The van der Waals surface area contributed by atoms with E-state index in [9.17, 15) is 17.2 Å². The van der Waals surface area contributed by atoms with E-state index in [4.69, 9.17) is 11.6 Å². The van der Waals surface area contributed by atoms with E-state index in [0.717, 1.165) is 35.3 Å². The lowest BCUT2D eigenvalue weighted by Crippen LogP contribution is -2.38. The van der Waals surface area contributed by atoms with Crippen LogP contribution >= 0.6 is 11.6 Å². The van der Waals surface area contributed by atoms with Gasteiger partial charge in [0.05, 0.1) is 17.6 Å². The van der Waals surface area contributed by atoms with Gasteiger partial charge in [0.15, 0.2) is 0 Å². The molecule has 6 rings (SSSR count). The Hall–Kier alpha value is -3.33. The van der Waals surface area contributed by atoms with Gasteiger partial charge in [-0.3, -0.25) is 0 Å². The SMILES string of the molecule is C[C@@H]1C2=C(CC[C@@H]2CN(CCc2ccccc2Cl)S(=O)(=O)c2ccccc2F)Cc2c1cnn2-c1ccc(F)cc1. The summed E-state index contributed by atoms with van der Waals surface area (Å²) in [5.41, 5.74) is 6.38. The number of aromatic nitrogens is 2. The van der Waals surface area contributed by atoms with E-state index in [1.807, 2.05) is 29.1 Å². The molecule has 3 aromatic carbocycles. The summed E-state index contributed by atoms with van der Waals surface area (Å²) in [6.45, 7) is 2.58. The standard InChI is InChI=1S/C32H30ClF2N3O2S/c1-21-27-19-36-38(26-14-12-25(34)13-15-26)30(27)18-23-10-11-24(32(21)23)20-37(17-16-22-6-2-3-7-28(22)33)41(39,40)31-9-5-4-8-29(31)35/h2-9,12-15,19,21,24H,10-11,16-18,20H2,1H3/t21-,24+/m0/s1. The molecule has 0 saturated heterocycles. The van der Waals surface area contributed by atoms with E-state index in [0.29, 0.717) is 17.9 Å². The zero-order valence-electron chi connectivity index (χ0n) is 22.6. The molecule has 0 N–H and O–H groups in total. The molecule has 41 heavy (non-hydrogen) atoms.